The number of ether oxygens (including phenoxy) is 2. The maximum atomic E-state index is 12.7. The summed E-state index contributed by atoms with van der Waals surface area (Å²) >= 11 is 0. The first-order chi connectivity index (χ1) is 12.0. The SMILES string of the molecule is COc1cc(C(=O)N2CC(CN3CCN(C)CC3)C2)cc(OC)c1C. The molecule has 0 N–H and O–H groups in total. The lowest BCUT2D eigenvalue weighted by Crippen LogP contribution is -2.56. The number of hydrogen-bond donors (Lipinski definition) is 0. The van der Waals surface area contributed by atoms with Crippen LogP contribution in [0.15, 0.2) is 12.1 Å². The van der Waals surface area contributed by atoms with E-state index in [1.165, 1.54) is 0 Å². The van der Waals surface area contributed by atoms with Gasteiger partial charge in [-0.1, -0.05) is 0 Å². The molecule has 2 aliphatic heterocycles. The Labute approximate surface area is 150 Å². The highest BCUT2D eigenvalue weighted by atomic mass is 16.5. The third-order valence-electron chi connectivity index (χ3n) is 5.36. The largest absolute Gasteiger partial charge is 0.496 e. The van der Waals surface area contributed by atoms with Gasteiger partial charge in [0.05, 0.1) is 14.2 Å². The predicted molar refractivity (Wildman–Crippen MR) is 97.6 cm³/mol. The van der Waals surface area contributed by atoms with Gasteiger partial charge in [0, 0.05) is 62.9 Å². The van der Waals surface area contributed by atoms with Crippen LogP contribution in [-0.4, -0.2) is 87.7 Å². The maximum Gasteiger partial charge on any atom is 0.254 e. The summed E-state index contributed by atoms with van der Waals surface area (Å²) in [5.74, 6) is 2.03. The molecule has 25 heavy (non-hydrogen) atoms. The predicted octanol–water partition coefficient (Wildman–Crippen LogP) is 1.33. The highest BCUT2D eigenvalue weighted by molar-refractivity contribution is 5.95. The Morgan fingerprint density at radius 1 is 1.08 bits per heavy atom. The summed E-state index contributed by atoms with van der Waals surface area (Å²) in [4.78, 5) is 19.6. The number of benzene rings is 1. The summed E-state index contributed by atoms with van der Waals surface area (Å²) in [5.41, 5.74) is 1.55. The standard InChI is InChI=1S/C19H29N3O3/c1-14-17(24-3)9-16(10-18(14)25-4)19(23)22-12-15(13-22)11-21-7-5-20(2)6-8-21/h9-10,15H,5-8,11-13H2,1-4H3. The van der Waals surface area contributed by atoms with Crippen LogP contribution < -0.4 is 9.47 Å². The number of rotatable bonds is 5. The molecule has 0 radical (unpaired) electrons. The van der Waals surface area contributed by atoms with Crippen molar-refractivity contribution in [3.05, 3.63) is 23.3 Å². The van der Waals surface area contributed by atoms with E-state index in [0.717, 1.165) is 51.4 Å². The number of carbonyl (C=O) groups excluding carboxylic acids is 1. The first kappa shape index (κ1) is 18.0. The molecule has 0 aromatic heterocycles. The molecule has 0 saturated carbocycles. The minimum absolute atomic E-state index is 0.0613. The van der Waals surface area contributed by atoms with E-state index in [-0.39, 0.29) is 5.91 Å². The average Bonchev–Trinajstić information content (AvgIpc) is 2.59. The molecule has 2 fully saturated rings. The fourth-order valence-corrected chi connectivity index (χ4v) is 3.64. The molecule has 6 nitrogen and oxygen atoms in total. The van der Waals surface area contributed by atoms with E-state index in [9.17, 15) is 4.79 Å². The number of likely N-dealkylation sites (tertiary alicyclic amines) is 1. The second-order valence-corrected chi connectivity index (χ2v) is 7.19. The highest BCUT2D eigenvalue weighted by Gasteiger charge is 2.33. The second kappa shape index (κ2) is 7.62. The maximum absolute atomic E-state index is 12.7. The molecule has 1 aromatic carbocycles. The summed E-state index contributed by atoms with van der Waals surface area (Å²) in [7, 11) is 5.41. The quantitative estimate of drug-likeness (QED) is 0.804. The van der Waals surface area contributed by atoms with E-state index in [0.29, 0.717) is 23.0 Å². The number of hydrogen-bond acceptors (Lipinski definition) is 5. The fraction of sp³-hybridized carbons (Fsp3) is 0.632. The summed E-state index contributed by atoms with van der Waals surface area (Å²) in [6.07, 6.45) is 0. The molecule has 2 heterocycles. The summed E-state index contributed by atoms with van der Waals surface area (Å²) in [6, 6.07) is 3.63. The van der Waals surface area contributed by atoms with Crippen LogP contribution in [0.4, 0.5) is 0 Å². The van der Waals surface area contributed by atoms with Gasteiger partial charge in [0.2, 0.25) is 0 Å². The van der Waals surface area contributed by atoms with Crippen molar-refractivity contribution in [3.8, 4) is 11.5 Å². The van der Waals surface area contributed by atoms with E-state index >= 15 is 0 Å². The van der Waals surface area contributed by atoms with Crippen molar-refractivity contribution in [1.82, 2.24) is 14.7 Å². The Bertz CT molecular complexity index is 595. The lowest BCUT2D eigenvalue weighted by molar-refractivity contribution is 0.0358. The number of amides is 1. The second-order valence-electron chi connectivity index (χ2n) is 7.19. The van der Waals surface area contributed by atoms with Crippen LogP contribution in [-0.2, 0) is 0 Å². The normalized spacial score (nSPS) is 19.6. The van der Waals surface area contributed by atoms with Gasteiger partial charge < -0.3 is 24.2 Å². The molecule has 0 bridgehead atoms. The number of likely N-dealkylation sites (N-methyl/N-ethyl adjacent to an activating group) is 1. The van der Waals surface area contributed by atoms with E-state index in [1.54, 1.807) is 14.2 Å². The van der Waals surface area contributed by atoms with Crippen molar-refractivity contribution in [1.29, 1.82) is 0 Å². The number of methoxy groups -OCH3 is 2. The van der Waals surface area contributed by atoms with Crippen molar-refractivity contribution < 1.29 is 14.3 Å². The van der Waals surface area contributed by atoms with Crippen molar-refractivity contribution in [2.75, 3.05) is 67.1 Å². The zero-order valence-corrected chi connectivity index (χ0v) is 15.7. The first-order valence-electron chi connectivity index (χ1n) is 8.94. The Hall–Kier alpha value is -1.79. The van der Waals surface area contributed by atoms with Gasteiger partial charge >= 0.3 is 0 Å². The van der Waals surface area contributed by atoms with Gasteiger partial charge in [-0.2, -0.15) is 0 Å². The zero-order valence-electron chi connectivity index (χ0n) is 15.7. The molecule has 0 aliphatic carbocycles. The van der Waals surface area contributed by atoms with Crippen LogP contribution in [0.5, 0.6) is 11.5 Å². The number of piperazine rings is 1. The van der Waals surface area contributed by atoms with Crippen LogP contribution in [0.25, 0.3) is 0 Å². The molecule has 0 spiro atoms. The smallest absolute Gasteiger partial charge is 0.254 e. The Kier molecular flexibility index (Phi) is 5.49. The molecular weight excluding hydrogens is 318 g/mol. The summed E-state index contributed by atoms with van der Waals surface area (Å²) in [5, 5.41) is 0. The first-order valence-corrected chi connectivity index (χ1v) is 8.94. The van der Waals surface area contributed by atoms with Crippen LogP contribution in [0.1, 0.15) is 15.9 Å². The van der Waals surface area contributed by atoms with Gasteiger partial charge in [0.1, 0.15) is 11.5 Å². The highest BCUT2D eigenvalue weighted by Crippen LogP contribution is 2.31. The van der Waals surface area contributed by atoms with Gasteiger partial charge in [0.15, 0.2) is 0 Å². The Morgan fingerprint density at radius 3 is 2.16 bits per heavy atom. The van der Waals surface area contributed by atoms with E-state index in [2.05, 4.69) is 16.8 Å². The van der Waals surface area contributed by atoms with Crippen LogP contribution in [0.3, 0.4) is 0 Å². The average molecular weight is 347 g/mol. The molecule has 138 valence electrons. The van der Waals surface area contributed by atoms with E-state index in [4.69, 9.17) is 9.47 Å². The number of nitrogens with zero attached hydrogens (tertiary/aromatic N) is 3. The monoisotopic (exact) mass is 347 g/mol. The van der Waals surface area contributed by atoms with Crippen LogP contribution in [0, 0.1) is 12.8 Å². The topological polar surface area (TPSA) is 45.2 Å². The van der Waals surface area contributed by atoms with Gasteiger partial charge in [-0.25, -0.2) is 0 Å². The molecule has 6 heteroatoms. The summed E-state index contributed by atoms with van der Waals surface area (Å²) in [6.45, 7) is 9.24. The third-order valence-corrected chi connectivity index (χ3v) is 5.36. The molecule has 1 amide bonds. The van der Waals surface area contributed by atoms with Crippen molar-refractivity contribution in [3.63, 3.8) is 0 Å². The summed E-state index contributed by atoms with van der Waals surface area (Å²) < 4.78 is 10.8. The molecule has 0 unspecified atom stereocenters. The minimum atomic E-state index is 0.0613. The minimum Gasteiger partial charge on any atom is -0.496 e. The van der Waals surface area contributed by atoms with Crippen molar-refractivity contribution in [2.45, 2.75) is 6.92 Å². The molecule has 1 aromatic rings. The van der Waals surface area contributed by atoms with Gasteiger partial charge in [0.25, 0.3) is 5.91 Å². The number of carbonyl (C=O) groups is 1. The van der Waals surface area contributed by atoms with Crippen LogP contribution in [0.2, 0.25) is 0 Å². The molecule has 0 atom stereocenters. The zero-order chi connectivity index (χ0) is 18.0. The van der Waals surface area contributed by atoms with Gasteiger partial charge in [-0.15, -0.1) is 0 Å². The lowest BCUT2D eigenvalue weighted by Gasteiger charge is -2.43. The molecule has 2 saturated heterocycles. The third kappa shape index (κ3) is 3.90. The van der Waals surface area contributed by atoms with Crippen LogP contribution >= 0.6 is 0 Å². The molecular formula is C19H29N3O3. The Balaban J connectivity index is 1.57. The van der Waals surface area contributed by atoms with Crippen molar-refractivity contribution >= 4 is 5.91 Å². The fourth-order valence-electron chi connectivity index (χ4n) is 3.64. The van der Waals surface area contributed by atoms with E-state index in [1.807, 2.05) is 24.0 Å². The molecule has 2 aliphatic rings. The molecule has 3 rings (SSSR count). The lowest BCUT2D eigenvalue weighted by atomic mass is 9.97. The van der Waals surface area contributed by atoms with Crippen molar-refractivity contribution in [2.24, 2.45) is 5.92 Å². The van der Waals surface area contributed by atoms with E-state index < -0.39 is 0 Å². The van der Waals surface area contributed by atoms with Gasteiger partial charge in [-0.05, 0) is 26.1 Å². The Morgan fingerprint density at radius 2 is 1.64 bits per heavy atom. The van der Waals surface area contributed by atoms with Gasteiger partial charge in [-0.3, -0.25) is 4.79 Å².